The summed E-state index contributed by atoms with van der Waals surface area (Å²) in [7, 11) is 0. The number of alkyl halides is 9. The van der Waals surface area contributed by atoms with Gasteiger partial charge in [0, 0.05) is 0 Å². The molecule has 0 saturated carbocycles. The maximum absolute atomic E-state index is 16.7. The van der Waals surface area contributed by atoms with E-state index in [-0.39, 0.29) is 37.3 Å². The number of fused-ring (bicyclic) bond motifs is 1. The summed E-state index contributed by atoms with van der Waals surface area (Å²) < 4.78 is 378. The van der Waals surface area contributed by atoms with Gasteiger partial charge in [-0.3, -0.25) is 0 Å². The quantitative estimate of drug-likeness (QED) is 0.100. The van der Waals surface area contributed by atoms with Crippen molar-refractivity contribution < 1.29 is 129 Å². The molecule has 0 aliphatic heterocycles. The minimum Gasteiger partial charge on any atom is -0.207 e. The van der Waals surface area contributed by atoms with E-state index in [1.54, 1.807) is 0 Å². The van der Waals surface area contributed by atoms with Gasteiger partial charge in [-0.05, 0) is 29.5 Å². The van der Waals surface area contributed by atoms with Gasteiger partial charge in [-0.15, -0.1) is 21.9 Å². The van der Waals surface area contributed by atoms with Gasteiger partial charge in [0.05, 0.1) is 5.56 Å². The molecule has 27 heteroatoms. The summed E-state index contributed by atoms with van der Waals surface area (Å²) in [5.41, 5.74) is -30.2. The Kier molecular flexibility index (Phi) is 11.9. The average molecular weight is 920 g/mol. The third kappa shape index (κ3) is 6.68. The van der Waals surface area contributed by atoms with E-state index in [9.17, 15) is 39.5 Å². The normalized spacial score (nSPS) is 13.3. The zero-order chi connectivity index (χ0) is 46.1. The van der Waals surface area contributed by atoms with Crippen LogP contribution in [0.15, 0.2) is 18.2 Å². The molecule has 5 aromatic rings. The van der Waals surface area contributed by atoms with E-state index >= 15 is 70.2 Å². The molecule has 0 bridgehead atoms. The Morgan fingerprint density at radius 2 is 0.565 bits per heavy atom. The van der Waals surface area contributed by atoms with E-state index in [0.29, 0.717) is 11.6 Å². The maximum atomic E-state index is 16.7. The van der Waals surface area contributed by atoms with Crippen molar-refractivity contribution in [3.05, 3.63) is 139 Å². The number of rotatable bonds is 5. The Morgan fingerprint density at radius 3 is 0.774 bits per heavy atom. The number of aryl methyl sites for hydroxylation is 2. The standard InChI is InChI=1S/C35H7BF25.Li/c37-17-9(8-4-2-6-1-3-7(6)5-8)18(38)26(46)13(25(17)45)36(14-27(47)19(39)10(33(53,54)55)20(40)28(14)48,15-29(49)21(41)11(34(56,57)58)22(42)30(15)50)16-31(51)23(43)12(35(59,60)61)24(44)32(16)52;/h2,4-5H,1,3H2;/q-1;+1. The Balaban J connectivity index is 0.00000726. The molecule has 0 radical (unpaired) electrons. The first-order valence-corrected chi connectivity index (χ1v) is 15.8. The van der Waals surface area contributed by atoms with Crippen LogP contribution in [0.25, 0.3) is 11.1 Å². The van der Waals surface area contributed by atoms with Gasteiger partial charge < -0.3 is 0 Å². The molecule has 0 nitrogen and oxygen atoms in total. The zero-order valence-corrected chi connectivity index (χ0v) is 29.2. The molecule has 1 aliphatic rings. The van der Waals surface area contributed by atoms with Crippen LogP contribution in [0.2, 0.25) is 0 Å². The second-order valence-corrected chi connectivity index (χ2v) is 13.0. The monoisotopic (exact) mass is 920 g/mol. The molecule has 0 fully saturated rings. The van der Waals surface area contributed by atoms with E-state index in [2.05, 4.69) is 0 Å². The Hall–Kier alpha value is -4.99. The number of hydrogen-bond acceptors (Lipinski definition) is 0. The molecular formula is C35H7BF25Li. The predicted octanol–water partition coefficient (Wildman–Crippen LogP) is 7.12. The third-order valence-electron chi connectivity index (χ3n) is 9.93. The van der Waals surface area contributed by atoms with Crippen molar-refractivity contribution in [1.82, 2.24) is 0 Å². The molecular weight excluding hydrogens is 913 g/mol. The van der Waals surface area contributed by atoms with Crippen molar-refractivity contribution in [2.75, 3.05) is 0 Å². The first-order chi connectivity index (χ1) is 27.9. The van der Waals surface area contributed by atoms with E-state index in [1.165, 1.54) is 0 Å². The molecule has 0 saturated heterocycles. The fourth-order valence-corrected chi connectivity index (χ4v) is 7.33. The fourth-order valence-electron chi connectivity index (χ4n) is 7.33. The van der Waals surface area contributed by atoms with E-state index in [1.807, 2.05) is 0 Å². The Labute approximate surface area is 338 Å². The summed E-state index contributed by atoms with van der Waals surface area (Å²) in [6.07, 6.45) is -27.9. The van der Waals surface area contributed by atoms with Crippen molar-refractivity contribution in [3.8, 4) is 11.1 Å². The van der Waals surface area contributed by atoms with E-state index < -0.39 is 167 Å². The zero-order valence-electron chi connectivity index (χ0n) is 29.2. The van der Waals surface area contributed by atoms with Gasteiger partial charge in [-0.25, -0.2) is 70.2 Å². The summed E-state index contributed by atoms with van der Waals surface area (Å²) in [6, 6.07) is 2.34. The first kappa shape index (κ1) is 48.1. The van der Waals surface area contributed by atoms with Gasteiger partial charge in [0.2, 0.25) is 0 Å². The van der Waals surface area contributed by atoms with Gasteiger partial charge in [0.1, 0.15) is 69.4 Å². The van der Waals surface area contributed by atoms with Crippen LogP contribution in [0.3, 0.4) is 0 Å². The molecule has 0 unspecified atom stereocenters. The Morgan fingerprint density at radius 1 is 0.323 bits per heavy atom. The second-order valence-electron chi connectivity index (χ2n) is 13.0. The van der Waals surface area contributed by atoms with Crippen molar-refractivity contribution in [3.63, 3.8) is 0 Å². The van der Waals surface area contributed by atoms with Crippen LogP contribution in [0, 0.1) is 93.1 Å². The van der Waals surface area contributed by atoms with Gasteiger partial charge in [-0.2, -0.15) is 39.5 Å². The van der Waals surface area contributed by atoms with Gasteiger partial charge in [-0.1, -0.05) is 18.2 Å². The summed E-state index contributed by atoms with van der Waals surface area (Å²) in [6.45, 7) is 0. The molecule has 5 aromatic carbocycles. The molecule has 0 heterocycles. The van der Waals surface area contributed by atoms with Crippen molar-refractivity contribution in [1.29, 1.82) is 0 Å². The van der Waals surface area contributed by atoms with Crippen molar-refractivity contribution in [2.45, 2.75) is 31.4 Å². The second kappa shape index (κ2) is 15.4. The van der Waals surface area contributed by atoms with Gasteiger partial charge in [0.15, 0.2) is 46.5 Å². The molecule has 1 aliphatic carbocycles. The van der Waals surface area contributed by atoms with Crippen LogP contribution in [0.4, 0.5) is 110 Å². The molecule has 0 N–H and O–H groups in total. The van der Waals surface area contributed by atoms with Crippen LogP contribution in [-0.4, -0.2) is 6.15 Å². The summed E-state index contributed by atoms with van der Waals surface area (Å²) in [5, 5.41) is 0. The molecule has 0 spiro atoms. The smallest absolute Gasteiger partial charge is 0.207 e. The number of hydrogen-bond donors (Lipinski definition) is 0. The van der Waals surface area contributed by atoms with Crippen LogP contribution < -0.4 is 40.7 Å². The average Bonchev–Trinajstić information content (AvgIpc) is 3.11. The molecule has 0 aromatic heterocycles. The third-order valence-corrected chi connectivity index (χ3v) is 9.93. The molecule has 326 valence electrons. The van der Waals surface area contributed by atoms with Gasteiger partial charge in [0.25, 0.3) is 0 Å². The van der Waals surface area contributed by atoms with E-state index in [4.69, 9.17) is 0 Å². The maximum Gasteiger partial charge on any atom is 1.00 e. The van der Waals surface area contributed by atoms with Crippen LogP contribution in [0.5, 0.6) is 0 Å². The number of halogens is 25. The minimum atomic E-state index is -7.85. The predicted molar refractivity (Wildman–Crippen MR) is 157 cm³/mol. The first-order valence-electron chi connectivity index (χ1n) is 15.8. The van der Waals surface area contributed by atoms with E-state index in [0.717, 1.165) is 12.1 Å². The summed E-state index contributed by atoms with van der Waals surface area (Å²) in [5.74, 6) is -63.9. The molecule has 6 rings (SSSR count). The number of benzene rings is 5. The topological polar surface area (TPSA) is 0 Å². The summed E-state index contributed by atoms with van der Waals surface area (Å²) in [4.78, 5) is 0. The largest absolute Gasteiger partial charge is 1.00 e. The Bertz CT molecular complexity index is 2420. The SMILES string of the molecule is Fc1c(F)c([B-](c2c(F)c(F)c(C(F)(F)F)c(F)c2F)(c2c(F)c(F)c(C(F)(F)F)c(F)c2F)c2c(F)c(F)c(C(F)(F)F)c(F)c2F)c(F)c(F)c1-c1ccc2c(c1)CC2.[Li+]. The molecule has 62 heavy (non-hydrogen) atoms. The van der Waals surface area contributed by atoms with Crippen molar-refractivity contribution in [2.24, 2.45) is 0 Å². The van der Waals surface area contributed by atoms with Crippen LogP contribution in [-0.2, 0) is 31.4 Å². The summed E-state index contributed by atoms with van der Waals surface area (Å²) >= 11 is 0. The van der Waals surface area contributed by atoms with Crippen LogP contribution in [0.1, 0.15) is 27.8 Å². The van der Waals surface area contributed by atoms with Crippen LogP contribution >= 0.6 is 0 Å². The molecule has 0 amide bonds. The van der Waals surface area contributed by atoms with Crippen molar-refractivity contribution >= 4 is 28.0 Å². The molecule has 0 atom stereocenters. The minimum absolute atomic E-state index is 0. The fraction of sp³-hybridized carbons (Fsp3) is 0.143. The van der Waals surface area contributed by atoms with Gasteiger partial charge >= 0.3 is 37.4 Å².